The quantitative estimate of drug-likeness (QED) is 0.662. The van der Waals surface area contributed by atoms with Gasteiger partial charge < -0.3 is 10.4 Å². The van der Waals surface area contributed by atoms with Gasteiger partial charge in [-0.3, -0.25) is 4.79 Å². The number of nitrogens with one attached hydrogen (secondary N) is 1. The van der Waals surface area contributed by atoms with E-state index >= 15 is 0 Å². The lowest BCUT2D eigenvalue weighted by molar-refractivity contribution is 0.0246. The normalized spacial score (nSPS) is 18.3. The zero-order valence-corrected chi connectivity index (χ0v) is 12.5. The van der Waals surface area contributed by atoms with Gasteiger partial charge in [0.1, 0.15) is 0 Å². The van der Waals surface area contributed by atoms with Gasteiger partial charge in [0.2, 0.25) is 0 Å². The second-order valence-electron chi connectivity index (χ2n) is 5.66. The minimum absolute atomic E-state index is 0.144. The van der Waals surface area contributed by atoms with Crippen LogP contribution >= 0.6 is 11.6 Å². The molecule has 1 aromatic rings. The number of hydrogen-bond acceptors (Lipinski definition) is 2. The zero-order chi connectivity index (χ0) is 14.4. The predicted octanol–water partition coefficient (Wildman–Crippen LogP) is 3.24. The monoisotopic (exact) mass is 295 g/mol. The summed E-state index contributed by atoms with van der Waals surface area (Å²) in [5.41, 5.74) is 0.781. The van der Waals surface area contributed by atoms with Gasteiger partial charge in [-0.15, -0.1) is 11.6 Å². The van der Waals surface area contributed by atoms with Gasteiger partial charge in [-0.05, 0) is 30.5 Å². The van der Waals surface area contributed by atoms with Crippen molar-refractivity contribution in [3.8, 4) is 0 Å². The summed E-state index contributed by atoms with van der Waals surface area (Å²) in [4.78, 5) is 12.1. The van der Waals surface area contributed by atoms with Crippen molar-refractivity contribution in [2.24, 2.45) is 0 Å². The summed E-state index contributed by atoms with van der Waals surface area (Å²) in [7, 11) is 0. The molecule has 0 radical (unpaired) electrons. The van der Waals surface area contributed by atoms with Gasteiger partial charge in [-0.2, -0.15) is 0 Å². The summed E-state index contributed by atoms with van der Waals surface area (Å²) in [6.45, 7) is 0.330. The second kappa shape index (κ2) is 7.09. The van der Waals surface area contributed by atoms with Crippen LogP contribution in [0.1, 0.15) is 54.4 Å². The molecule has 20 heavy (non-hydrogen) atoms. The van der Waals surface area contributed by atoms with Crippen molar-refractivity contribution in [1.29, 1.82) is 0 Å². The molecule has 0 unspecified atom stereocenters. The number of aliphatic hydroxyl groups is 1. The molecule has 0 heterocycles. The van der Waals surface area contributed by atoms with E-state index in [1.165, 1.54) is 12.8 Å². The lowest BCUT2D eigenvalue weighted by Gasteiger charge is -2.26. The van der Waals surface area contributed by atoms with Crippen molar-refractivity contribution >= 4 is 17.5 Å². The fraction of sp³-hybridized carbons (Fsp3) is 0.562. The topological polar surface area (TPSA) is 49.3 Å². The number of rotatable bonds is 4. The largest absolute Gasteiger partial charge is 0.388 e. The maximum Gasteiger partial charge on any atom is 0.251 e. The first-order chi connectivity index (χ1) is 9.63. The second-order valence-corrected chi connectivity index (χ2v) is 5.92. The third-order valence-corrected chi connectivity index (χ3v) is 4.26. The standard InChI is InChI=1S/C16H22ClNO2/c17-11-13-6-5-7-14(10-13)15(19)18-12-16(20)8-3-1-2-4-9-16/h5-7,10,20H,1-4,8-9,11-12H2,(H,18,19). The molecule has 1 saturated carbocycles. The van der Waals surface area contributed by atoms with E-state index in [9.17, 15) is 9.90 Å². The molecule has 2 N–H and O–H groups in total. The van der Waals surface area contributed by atoms with Crippen LogP contribution < -0.4 is 5.32 Å². The SMILES string of the molecule is O=C(NCC1(O)CCCCCC1)c1cccc(CCl)c1. The lowest BCUT2D eigenvalue weighted by Crippen LogP contribution is -2.42. The maximum absolute atomic E-state index is 12.1. The molecule has 1 aliphatic carbocycles. The number of halogens is 1. The van der Waals surface area contributed by atoms with E-state index in [1.807, 2.05) is 12.1 Å². The van der Waals surface area contributed by atoms with Crippen molar-refractivity contribution in [3.63, 3.8) is 0 Å². The minimum atomic E-state index is -0.740. The highest BCUT2D eigenvalue weighted by Gasteiger charge is 2.28. The molecular weight excluding hydrogens is 274 g/mol. The molecule has 0 bridgehead atoms. The number of carbonyl (C=O) groups excluding carboxylic acids is 1. The van der Waals surface area contributed by atoms with Crippen molar-refractivity contribution in [2.75, 3.05) is 6.54 Å². The van der Waals surface area contributed by atoms with E-state index < -0.39 is 5.60 Å². The van der Waals surface area contributed by atoms with Crippen molar-refractivity contribution in [3.05, 3.63) is 35.4 Å². The van der Waals surface area contributed by atoms with Crippen LogP contribution in [0.15, 0.2) is 24.3 Å². The molecule has 3 nitrogen and oxygen atoms in total. The Morgan fingerprint density at radius 2 is 1.95 bits per heavy atom. The highest BCUT2D eigenvalue weighted by atomic mass is 35.5. The van der Waals surface area contributed by atoms with Crippen molar-refractivity contribution in [2.45, 2.75) is 50.0 Å². The average molecular weight is 296 g/mol. The van der Waals surface area contributed by atoms with Crippen molar-refractivity contribution < 1.29 is 9.90 Å². The Hall–Kier alpha value is -1.06. The highest BCUT2D eigenvalue weighted by molar-refractivity contribution is 6.17. The van der Waals surface area contributed by atoms with Gasteiger partial charge in [-0.25, -0.2) is 0 Å². The molecule has 1 amide bonds. The van der Waals surface area contributed by atoms with E-state index in [0.29, 0.717) is 18.0 Å². The van der Waals surface area contributed by atoms with Crippen LogP contribution in [0.3, 0.4) is 0 Å². The van der Waals surface area contributed by atoms with Crippen LogP contribution in [0.5, 0.6) is 0 Å². The minimum Gasteiger partial charge on any atom is -0.388 e. The highest BCUT2D eigenvalue weighted by Crippen LogP contribution is 2.26. The third kappa shape index (κ3) is 4.22. The summed E-state index contributed by atoms with van der Waals surface area (Å²) < 4.78 is 0. The fourth-order valence-electron chi connectivity index (χ4n) is 2.71. The van der Waals surface area contributed by atoms with Gasteiger partial charge in [-0.1, -0.05) is 37.8 Å². The van der Waals surface area contributed by atoms with Crippen molar-refractivity contribution in [1.82, 2.24) is 5.32 Å². The molecule has 0 spiro atoms. The Morgan fingerprint density at radius 3 is 2.60 bits per heavy atom. The number of benzene rings is 1. The first kappa shape index (κ1) is 15.3. The molecular formula is C16H22ClNO2. The number of hydrogen-bond donors (Lipinski definition) is 2. The maximum atomic E-state index is 12.1. The van der Waals surface area contributed by atoms with Gasteiger partial charge >= 0.3 is 0 Å². The van der Waals surface area contributed by atoms with Crippen LogP contribution in [-0.2, 0) is 5.88 Å². The molecule has 2 rings (SSSR count). The van der Waals surface area contributed by atoms with Crippen LogP contribution in [0.4, 0.5) is 0 Å². The number of alkyl halides is 1. The molecule has 0 aliphatic heterocycles. The van der Waals surface area contributed by atoms with Crippen LogP contribution in [0, 0.1) is 0 Å². The van der Waals surface area contributed by atoms with E-state index in [0.717, 1.165) is 31.2 Å². The molecule has 0 saturated heterocycles. The smallest absolute Gasteiger partial charge is 0.251 e. The molecule has 1 fully saturated rings. The summed E-state index contributed by atoms with van der Waals surface area (Å²) in [5, 5.41) is 13.4. The molecule has 0 atom stereocenters. The van der Waals surface area contributed by atoms with Crippen LogP contribution in [-0.4, -0.2) is 23.2 Å². The Morgan fingerprint density at radius 1 is 1.25 bits per heavy atom. The molecule has 110 valence electrons. The summed E-state index contributed by atoms with van der Waals surface area (Å²) in [5.74, 6) is 0.250. The van der Waals surface area contributed by atoms with E-state index in [-0.39, 0.29) is 5.91 Å². The van der Waals surface area contributed by atoms with Gasteiger partial charge in [0.15, 0.2) is 0 Å². The zero-order valence-electron chi connectivity index (χ0n) is 11.7. The Labute approximate surface area is 125 Å². The summed E-state index contributed by atoms with van der Waals surface area (Å²) >= 11 is 5.77. The van der Waals surface area contributed by atoms with E-state index in [4.69, 9.17) is 11.6 Å². The van der Waals surface area contributed by atoms with Gasteiger partial charge in [0, 0.05) is 18.0 Å². The fourth-order valence-corrected chi connectivity index (χ4v) is 2.87. The van der Waals surface area contributed by atoms with E-state index in [1.54, 1.807) is 12.1 Å². The molecule has 4 heteroatoms. The van der Waals surface area contributed by atoms with Gasteiger partial charge in [0.05, 0.1) is 5.60 Å². The van der Waals surface area contributed by atoms with Crippen LogP contribution in [0.2, 0.25) is 0 Å². The molecule has 1 aliphatic rings. The summed E-state index contributed by atoms with van der Waals surface area (Å²) in [6, 6.07) is 7.28. The number of amides is 1. The van der Waals surface area contributed by atoms with E-state index in [2.05, 4.69) is 5.32 Å². The van der Waals surface area contributed by atoms with Crippen LogP contribution in [0.25, 0.3) is 0 Å². The first-order valence-electron chi connectivity index (χ1n) is 7.28. The number of carbonyl (C=O) groups is 1. The molecule has 1 aromatic carbocycles. The average Bonchev–Trinajstić information content (AvgIpc) is 2.70. The van der Waals surface area contributed by atoms with Gasteiger partial charge in [0.25, 0.3) is 5.91 Å². The first-order valence-corrected chi connectivity index (χ1v) is 7.82. The lowest BCUT2D eigenvalue weighted by atomic mass is 9.94. The Bertz CT molecular complexity index is 454. The summed E-state index contributed by atoms with van der Waals surface area (Å²) in [6.07, 6.45) is 5.97. The third-order valence-electron chi connectivity index (χ3n) is 3.96. The molecule has 0 aromatic heterocycles. The predicted molar refractivity (Wildman–Crippen MR) is 81.0 cm³/mol. The Kier molecular flexibility index (Phi) is 5.44. The Balaban J connectivity index is 1.93.